The predicted molar refractivity (Wildman–Crippen MR) is 74.2 cm³/mol. The van der Waals surface area contributed by atoms with Gasteiger partial charge in [-0.15, -0.1) is 0 Å². The number of rotatable bonds is 3. The van der Waals surface area contributed by atoms with Gasteiger partial charge in [-0.05, 0) is 29.7 Å². The molecular weight excluding hydrogens is 339 g/mol. The van der Waals surface area contributed by atoms with Gasteiger partial charge in [-0.1, -0.05) is 18.2 Å². The fourth-order valence-corrected chi connectivity index (χ4v) is 2.48. The van der Waals surface area contributed by atoms with E-state index in [0.29, 0.717) is 17.6 Å². The summed E-state index contributed by atoms with van der Waals surface area (Å²) in [6.45, 7) is 0.393. The number of carboxylic acid groups (broad SMARTS) is 1. The molecule has 0 bridgehead atoms. The molecule has 0 saturated carbocycles. The minimum Gasteiger partial charge on any atom is -0.465 e. The number of halogens is 3. The van der Waals surface area contributed by atoms with E-state index in [2.05, 4.69) is 4.18 Å². The molecule has 2 rings (SSSR count). The van der Waals surface area contributed by atoms with Crippen molar-refractivity contribution in [3.05, 3.63) is 35.9 Å². The molecular formula is C13H12F3NO5S. The second-order valence-electron chi connectivity index (χ2n) is 4.72. The van der Waals surface area contributed by atoms with Crippen LogP contribution in [-0.4, -0.2) is 43.1 Å². The van der Waals surface area contributed by atoms with Crippen molar-refractivity contribution in [1.29, 1.82) is 0 Å². The summed E-state index contributed by atoms with van der Waals surface area (Å²) in [5.74, 6) is -0.457. The second kappa shape index (κ2) is 6.11. The van der Waals surface area contributed by atoms with Crippen molar-refractivity contribution >= 4 is 21.8 Å². The molecule has 1 heterocycles. The third kappa shape index (κ3) is 3.95. The third-order valence-electron chi connectivity index (χ3n) is 3.17. The highest BCUT2D eigenvalue weighted by atomic mass is 32.2. The molecule has 10 heteroatoms. The summed E-state index contributed by atoms with van der Waals surface area (Å²) in [7, 11) is -5.72. The maximum Gasteiger partial charge on any atom is 0.534 e. The number of amides is 1. The van der Waals surface area contributed by atoms with Crippen LogP contribution in [0.2, 0.25) is 0 Å². The Labute approximate surface area is 129 Å². The van der Waals surface area contributed by atoms with Gasteiger partial charge >= 0.3 is 21.7 Å². The fraction of sp³-hybridized carbons (Fsp3) is 0.308. The lowest BCUT2D eigenvalue weighted by molar-refractivity contribution is -0.0500. The number of hydrogen-bond acceptors (Lipinski definition) is 4. The summed E-state index contributed by atoms with van der Waals surface area (Å²) in [5, 5.41) is 8.85. The number of carbonyl (C=O) groups is 1. The van der Waals surface area contributed by atoms with Crippen LogP contribution in [0.25, 0.3) is 5.57 Å². The maximum absolute atomic E-state index is 12.3. The maximum atomic E-state index is 12.3. The summed E-state index contributed by atoms with van der Waals surface area (Å²) in [6, 6.07) is 5.21. The Morgan fingerprint density at radius 2 is 2.00 bits per heavy atom. The first-order chi connectivity index (χ1) is 10.6. The van der Waals surface area contributed by atoms with Crippen LogP contribution in [0.15, 0.2) is 30.3 Å². The van der Waals surface area contributed by atoms with Gasteiger partial charge in [0.25, 0.3) is 0 Å². The number of hydrogen-bond donors (Lipinski definition) is 1. The zero-order valence-corrected chi connectivity index (χ0v) is 12.4. The number of benzene rings is 1. The Bertz CT molecular complexity index is 742. The van der Waals surface area contributed by atoms with E-state index in [0.717, 1.165) is 6.07 Å². The average molecular weight is 351 g/mol. The van der Waals surface area contributed by atoms with Crippen molar-refractivity contribution in [3.63, 3.8) is 0 Å². The smallest absolute Gasteiger partial charge is 0.465 e. The summed E-state index contributed by atoms with van der Waals surface area (Å²) < 4.78 is 63.0. The van der Waals surface area contributed by atoms with E-state index in [1.807, 2.05) is 0 Å². The van der Waals surface area contributed by atoms with Crippen molar-refractivity contribution in [2.75, 3.05) is 13.1 Å². The molecule has 0 radical (unpaired) electrons. The van der Waals surface area contributed by atoms with Gasteiger partial charge in [0.1, 0.15) is 5.75 Å². The van der Waals surface area contributed by atoms with Gasteiger partial charge in [0.05, 0.1) is 0 Å². The van der Waals surface area contributed by atoms with E-state index in [4.69, 9.17) is 5.11 Å². The Morgan fingerprint density at radius 1 is 1.30 bits per heavy atom. The largest absolute Gasteiger partial charge is 0.534 e. The summed E-state index contributed by atoms with van der Waals surface area (Å²) in [5.41, 5.74) is -4.32. The Morgan fingerprint density at radius 3 is 2.52 bits per heavy atom. The van der Waals surface area contributed by atoms with Crippen LogP contribution in [0.4, 0.5) is 18.0 Å². The summed E-state index contributed by atoms with van der Waals surface area (Å²) in [6.07, 6.45) is 0.921. The Hall–Kier alpha value is -2.23. The van der Waals surface area contributed by atoms with Crippen molar-refractivity contribution in [3.8, 4) is 5.75 Å². The number of alkyl halides is 3. The highest BCUT2D eigenvalue weighted by Gasteiger charge is 2.48. The van der Waals surface area contributed by atoms with E-state index < -0.39 is 27.5 Å². The molecule has 1 aliphatic rings. The number of nitrogens with zero attached hydrogens (tertiary/aromatic N) is 1. The first kappa shape index (κ1) is 17.1. The van der Waals surface area contributed by atoms with E-state index in [9.17, 15) is 26.4 Å². The quantitative estimate of drug-likeness (QED) is 0.669. The predicted octanol–water partition coefficient (Wildman–Crippen LogP) is 2.68. The molecule has 0 saturated heterocycles. The van der Waals surface area contributed by atoms with Gasteiger partial charge in [-0.3, -0.25) is 0 Å². The van der Waals surface area contributed by atoms with Crippen LogP contribution in [0.5, 0.6) is 5.75 Å². The van der Waals surface area contributed by atoms with Gasteiger partial charge in [-0.25, -0.2) is 4.79 Å². The molecule has 0 aliphatic carbocycles. The fourth-order valence-electron chi connectivity index (χ4n) is 2.03. The molecule has 1 amide bonds. The SMILES string of the molecule is O=C(O)N1CC=C(c2cccc(OS(=O)(=O)C(F)(F)F)c2)CC1. The molecule has 0 unspecified atom stereocenters. The van der Waals surface area contributed by atoms with Gasteiger partial charge < -0.3 is 14.2 Å². The molecule has 1 aromatic rings. The average Bonchev–Trinajstić information content (AvgIpc) is 2.46. The topological polar surface area (TPSA) is 83.9 Å². The molecule has 0 aromatic heterocycles. The summed E-state index contributed by atoms with van der Waals surface area (Å²) >= 11 is 0. The van der Waals surface area contributed by atoms with Gasteiger partial charge in [0.2, 0.25) is 0 Å². The second-order valence-corrected chi connectivity index (χ2v) is 6.26. The van der Waals surface area contributed by atoms with Crippen molar-refractivity contribution < 1.29 is 35.7 Å². The van der Waals surface area contributed by atoms with E-state index in [1.54, 1.807) is 12.1 Å². The van der Waals surface area contributed by atoms with Crippen LogP contribution in [0, 0.1) is 0 Å². The van der Waals surface area contributed by atoms with E-state index in [-0.39, 0.29) is 13.1 Å². The molecule has 23 heavy (non-hydrogen) atoms. The zero-order chi connectivity index (χ0) is 17.3. The molecule has 1 aromatic carbocycles. The minimum absolute atomic E-state index is 0.149. The molecule has 6 nitrogen and oxygen atoms in total. The first-order valence-corrected chi connectivity index (χ1v) is 7.79. The molecule has 126 valence electrons. The molecule has 1 aliphatic heterocycles. The molecule has 0 atom stereocenters. The lowest BCUT2D eigenvalue weighted by atomic mass is 9.99. The van der Waals surface area contributed by atoms with Gasteiger partial charge in [-0.2, -0.15) is 21.6 Å². The van der Waals surface area contributed by atoms with Crippen molar-refractivity contribution in [1.82, 2.24) is 4.90 Å². The van der Waals surface area contributed by atoms with Crippen LogP contribution < -0.4 is 4.18 Å². The first-order valence-electron chi connectivity index (χ1n) is 6.38. The van der Waals surface area contributed by atoms with E-state index in [1.165, 1.54) is 17.0 Å². The highest BCUT2D eigenvalue weighted by molar-refractivity contribution is 7.88. The van der Waals surface area contributed by atoms with Crippen LogP contribution in [-0.2, 0) is 10.1 Å². The standard InChI is InChI=1S/C13H12F3NO5S/c14-13(15,16)23(20,21)22-11-3-1-2-10(8-11)9-4-6-17(7-5-9)12(18)19/h1-4,8H,5-7H2,(H,18,19). The monoisotopic (exact) mass is 351 g/mol. The Balaban J connectivity index is 2.20. The van der Waals surface area contributed by atoms with Gasteiger partial charge in [0.15, 0.2) is 0 Å². The Kier molecular flexibility index (Phi) is 4.55. The summed E-state index contributed by atoms with van der Waals surface area (Å²) in [4.78, 5) is 12.0. The normalized spacial score (nSPS) is 16.0. The van der Waals surface area contributed by atoms with Crippen molar-refractivity contribution in [2.24, 2.45) is 0 Å². The molecule has 0 spiro atoms. The molecule has 1 N–H and O–H groups in total. The lowest BCUT2D eigenvalue weighted by Gasteiger charge is -2.24. The zero-order valence-electron chi connectivity index (χ0n) is 11.6. The van der Waals surface area contributed by atoms with Crippen molar-refractivity contribution in [2.45, 2.75) is 11.9 Å². The van der Waals surface area contributed by atoms with Crippen LogP contribution >= 0.6 is 0 Å². The van der Waals surface area contributed by atoms with Gasteiger partial charge in [0, 0.05) is 13.1 Å². The van der Waals surface area contributed by atoms with Crippen LogP contribution in [0.1, 0.15) is 12.0 Å². The lowest BCUT2D eigenvalue weighted by Crippen LogP contribution is -2.33. The minimum atomic E-state index is -5.72. The highest BCUT2D eigenvalue weighted by Crippen LogP contribution is 2.30. The van der Waals surface area contributed by atoms with Crippen LogP contribution in [0.3, 0.4) is 0 Å². The third-order valence-corrected chi connectivity index (χ3v) is 4.15. The molecule has 0 fully saturated rings. The van der Waals surface area contributed by atoms with E-state index >= 15 is 0 Å².